The van der Waals surface area contributed by atoms with Gasteiger partial charge in [-0.3, -0.25) is 4.98 Å². The molecule has 0 amide bonds. The van der Waals surface area contributed by atoms with Crippen LogP contribution < -0.4 is 11.0 Å². The summed E-state index contributed by atoms with van der Waals surface area (Å²) in [5, 5.41) is 11.6. The van der Waals surface area contributed by atoms with Gasteiger partial charge in [-0.25, -0.2) is 4.79 Å². The van der Waals surface area contributed by atoms with E-state index in [1.165, 1.54) is 6.07 Å². The van der Waals surface area contributed by atoms with E-state index in [0.717, 1.165) is 5.69 Å². The van der Waals surface area contributed by atoms with Crippen LogP contribution in [0.3, 0.4) is 0 Å². The maximum atomic E-state index is 11.1. The molecule has 0 radical (unpaired) electrons. The number of aromatic amines is 1. The molecule has 0 bridgehead atoms. The van der Waals surface area contributed by atoms with E-state index in [4.69, 9.17) is 5.26 Å². The molecule has 0 aliphatic carbocycles. The standard InChI is InChI=1S/C11H8N4O/c12-7-9-6-10(15-11(16)14-9)13-8-4-2-1-3-5-8/h1-6H,(H2,13,14,15,16). The lowest BCUT2D eigenvalue weighted by atomic mass is 10.3. The number of nitrogens with zero attached hydrogens (tertiary/aromatic N) is 2. The van der Waals surface area contributed by atoms with Crippen molar-refractivity contribution in [1.82, 2.24) is 9.97 Å². The van der Waals surface area contributed by atoms with Crippen LogP contribution in [0, 0.1) is 11.3 Å². The topological polar surface area (TPSA) is 81.6 Å². The van der Waals surface area contributed by atoms with E-state index in [-0.39, 0.29) is 5.69 Å². The average molecular weight is 212 g/mol. The quantitative estimate of drug-likeness (QED) is 0.788. The molecule has 2 rings (SSSR count). The van der Waals surface area contributed by atoms with Gasteiger partial charge in [0.15, 0.2) is 0 Å². The molecule has 0 unspecified atom stereocenters. The Morgan fingerprint density at radius 1 is 1.31 bits per heavy atom. The Hall–Kier alpha value is -2.61. The number of hydrogen-bond donors (Lipinski definition) is 2. The summed E-state index contributed by atoms with van der Waals surface area (Å²) in [5.41, 5.74) is 0.445. The number of nitrogens with one attached hydrogen (secondary N) is 2. The van der Waals surface area contributed by atoms with Crippen LogP contribution in [0.4, 0.5) is 11.5 Å². The van der Waals surface area contributed by atoms with E-state index in [9.17, 15) is 4.79 Å². The van der Waals surface area contributed by atoms with Crippen LogP contribution in [-0.2, 0) is 0 Å². The molecule has 2 aromatic rings. The highest BCUT2D eigenvalue weighted by molar-refractivity contribution is 5.56. The van der Waals surface area contributed by atoms with Crippen LogP contribution in [0.15, 0.2) is 41.2 Å². The van der Waals surface area contributed by atoms with Gasteiger partial charge in [0.25, 0.3) is 0 Å². The van der Waals surface area contributed by atoms with Crippen molar-refractivity contribution in [1.29, 1.82) is 5.26 Å². The number of anilines is 2. The first-order valence-corrected chi connectivity index (χ1v) is 4.61. The second-order valence-corrected chi connectivity index (χ2v) is 3.09. The Kier molecular flexibility index (Phi) is 2.65. The van der Waals surface area contributed by atoms with Gasteiger partial charge in [-0.2, -0.15) is 10.2 Å². The van der Waals surface area contributed by atoms with Crippen molar-refractivity contribution in [2.75, 3.05) is 5.32 Å². The zero-order chi connectivity index (χ0) is 11.4. The molecule has 5 nitrogen and oxygen atoms in total. The van der Waals surface area contributed by atoms with Crippen molar-refractivity contribution in [3.05, 3.63) is 52.6 Å². The van der Waals surface area contributed by atoms with Gasteiger partial charge in [0.2, 0.25) is 0 Å². The van der Waals surface area contributed by atoms with Crippen LogP contribution in [-0.4, -0.2) is 9.97 Å². The van der Waals surface area contributed by atoms with Gasteiger partial charge < -0.3 is 5.32 Å². The molecule has 1 aromatic carbocycles. The number of benzene rings is 1. The molecule has 0 aliphatic heterocycles. The highest BCUT2D eigenvalue weighted by Gasteiger charge is 2.00. The molecule has 0 saturated heterocycles. The van der Waals surface area contributed by atoms with Crippen molar-refractivity contribution in [2.24, 2.45) is 0 Å². The van der Waals surface area contributed by atoms with Gasteiger partial charge in [0, 0.05) is 11.8 Å². The Labute approximate surface area is 91.4 Å². The van der Waals surface area contributed by atoms with Crippen molar-refractivity contribution >= 4 is 11.5 Å². The SMILES string of the molecule is N#Cc1cc(Nc2ccccc2)nc(=O)[nH]1. The van der Waals surface area contributed by atoms with Gasteiger partial charge in [0.1, 0.15) is 17.6 Å². The van der Waals surface area contributed by atoms with Crippen LogP contribution >= 0.6 is 0 Å². The fraction of sp³-hybridized carbons (Fsp3) is 0. The number of nitriles is 1. The molecule has 0 fully saturated rings. The lowest BCUT2D eigenvalue weighted by molar-refractivity contribution is 1.06. The molecule has 0 saturated carbocycles. The molecule has 16 heavy (non-hydrogen) atoms. The fourth-order valence-electron chi connectivity index (χ4n) is 1.25. The minimum atomic E-state index is -0.544. The summed E-state index contributed by atoms with van der Waals surface area (Å²) in [6.45, 7) is 0. The third-order valence-electron chi connectivity index (χ3n) is 1.91. The Bertz CT molecular complexity index is 583. The van der Waals surface area contributed by atoms with Crippen LogP contribution in [0.1, 0.15) is 5.69 Å². The van der Waals surface area contributed by atoms with Gasteiger partial charge in [0.05, 0.1) is 0 Å². The molecule has 1 heterocycles. The number of aromatic nitrogens is 2. The van der Waals surface area contributed by atoms with E-state index in [1.807, 2.05) is 36.4 Å². The molecular weight excluding hydrogens is 204 g/mol. The van der Waals surface area contributed by atoms with Gasteiger partial charge >= 0.3 is 5.69 Å². The van der Waals surface area contributed by atoms with E-state index >= 15 is 0 Å². The van der Waals surface area contributed by atoms with E-state index in [2.05, 4.69) is 15.3 Å². The highest BCUT2D eigenvalue weighted by Crippen LogP contribution is 2.12. The monoisotopic (exact) mass is 212 g/mol. The summed E-state index contributed by atoms with van der Waals surface area (Å²) in [7, 11) is 0. The molecule has 0 atom stereocenters. The smallest absolute Gasteiger partial charge is 0.340 e. The lowest BCUT2D eigenvalue weighted by Gasteiger charge is -2.03. The predicted molar refractivity (Wildman–Crippen MR) is 59.3 cm³/mol. The summed E-state index contributed by atoms with van der Waals surface area (Å²) < 4.78 is 0. The van der Waals surface area contributed by atoms with Crippen molar-refractivity contribution < 1.29 is 0 Å². The molecule has 0 aliphatic rings. The van der Waals surface area contributed by atoms with Crippen LogP contribution in [0.2, 0.25) is 0 Å². The predicted octanol–water partition coefficient (Wildman–Crippen LogP) is 1.39. The van der Waals surface area contributed by atoms with E-state index in [1.54, 1.807) is 0 Å². The minimum absolute atomic E-state index is 0.179. The maximum absolute atomic E-state index is 11.1. The Morgan fingerprint density at radius 2 is 2.06 bits per heavy atom. The summed E-state index contributed by atoms with van der Waals surface area (Å²) >= 11 is 0. The first kappa shape index (κ1) is 9.93. The van der Waals surface area contributed by atoms with Crippen molar-refractivity contribution in [3.63, 3.8) is 0 Å². The maximum Gasteiger partial charge on any atom is 0.347 e. The fourth-order valence-corrected chi connectivity index (χ4v) is 1.25. The number of rotatable bonds is 2. The Morgan fingerprint density at radius 3 is 2.75 bits per heavy atom. The second kappa shape index (κ2) is 4.28. The van der Waals surface area contributed by atoms with E-state index < -0.39 is 5.69 Å². The zero-order valence-electron chi connectivity index (χ0n) is 8.27. The Balaban J connectivity index is 2.33. The molecule has 5 heteroatoms. The molecular formula is C11H8N4O. The van der Waals surface area contributed by atoms with Gasteiger partial charge in [-0.05, 0) is 12.1 Å². The molecule has 78 valence electrons. The second-order valence-electron chi connectivity index (χ2n) is 3.09. The third kappa shape index (κ3) is 2.25. The highest BCUT2D eigenvalue weighted by atomic mass is 16.1. The summed E-state index contributed by atoms with van der Waals surface area (Å²) in [6.07, 6.45) is 0. The minimum Gasteiger partial charge on any atom is -0.340 e. The number of H-pyrrole nitrogens is 1. The first-order valence-electron chi connectivity index (χ1n) is 4.61. The average Bonchev–Trinajstić information content (AvgIpc) is 2.29. The zero-order valence-corrected chi connectivity index (χ0v) is 8.27. The van der Waals surface area contributed by atoms with Crippen LogP contribution in [0.5, 0.6) is 0 Å². The largest absolute Gasteiger partial charge is 0.347 e. The molecule has 1 aromatic heterocycles. The number of hydrogen-bond acceptors (Lipinski definition) is 4. The normalized spacial score (nSPS) is 9.44. The van der Waals surface area contributed by atoms with Crippen molar-refractivity contribution in [2.45, 2.75) is 0 Å². The summed E-state index contributed by atoms with van der Waals surface area (Å²) in [4.78, 5) is 17.1. The first-order chi connectivity index (χ1) is 7.78. The van der Waals surface area contributed by atoms with E-state index in [0.29, 0.717) is 5.82 Å². The molecule has 0 spiro atoms. The van der Waals surface area contributed by atoms with Gasteiger partial charge in [-0.15, -0.1) is 0 Å². The summed E-state index contributed by atoms with van der Waals surface area (Å²) in [5.74, 6) is 0.353. The third-order valence-corrected chi connectivity index (χ3v) is 1.91. The van der Waals surface area contributed by atoms with Crippen molar-refractivity contribution in [3.8, 4) is 6.07 Å². The lowest BCUT2D eigenvalue weighted by Crippen LogP contribution is -2.13. The molecule has 2 N–H and O–H groups in total. The number of para-hydroxylation sites is 1. The van der Waals surface area contributed by atoms with Gasteiger partial charge in [-0.1, -0.05) is 18.2 Å². The van der Waals surface area contributed by atoms with Crippen LogP contribution in [0.25, 0.3) is 0 Å². The summed E-state index contributed by atoms with van der Waals surface area (Å²) in [6, 6.07) is 12.6.